The van der Waals surface area contributed by atoms with E-state index in [9.17, 15) is 14.4 Å². The third-order valence-corrected chi connectivity index (χ3v) is 7.47. The Hall–Kier alpha value is -4.91. The number of esters is 3. The number of rotatable bonds is 14. The molecule has 0 unspecified atom stereocenters. The molecule has 3 aromatic rings. The Morgan fingerprint density at radius 2 is 1.51 bits per heavy atom. The van der Waals surface area contributed by atoms with Gasteiger partial charge < -0.3 is 18.9 Å². The molecule has 0 atom stereocenters. The molecule has 1 aliphatic rings. The summed E-state index contributed by atoms with van der Waals surface area (Å²) in [6.45, 7) is 9.67. The van der Waals surface area contributed by atoms with Crippen molar-refractivity contribution in [2.45, 2.75) is 58.0 Å². The maximum absolute atomic E-state index is 12.2. The Bertz CT molecular complexity index is 1510. The van der Waals surface area contributed by atoms with Crippen molar-refractivity contribution >= 4 is 30.1 Å². The van der Waals surface area contributed by atoms with Gasteiger partial charge in [-0.1, -0.05) is 74.2 Å². The van der Waals surface area contributed by atoms with Crippen molar-refractivity contribution in [3.63, 3.8) is 0 Å². The van der Waals surface area contributed by atoms with Crippen LogP contribution >= 0.6 is 0 Å². The first-order chi connectivity index (χ1) is 21.8. The monoisotopic (exact) mass is 608 g/mol. The van der Waals surface area contributed by atoms with Crippen LogP contribution in [0.25, 0.3) is 23.3 Å². The molecule has 1 saturated carbocycles. The van der Waals surface area contributed by atoms with Crippen molar-refractivity contribution < 1.29 is 33.3 Å². The fourth-order valence-corrected chi connectivity index (χ4v) is 4.94. The van der Waals surface area contributed by atoms with Gasteiger partial charge >= 0.3 is 17.9 Å². The molecule has 1 fully saturated rings. The molecule has 0 aromatic heterocycles. The first kappa shape index (κ1) is 33.0. The lowest BCUT2D eigenvalue weighted by atomic mass is 9.98. The predicted octanol–water partition coefficient (Wildman–Crippen LogP) is 8.06. The summed E-state index contributed by atoms with van der Waals surface area (Å²) < 4.78 is 21.7. The molecule has 45 heavy (non-hydrogen) atoms. The normalized spacial score (nSPS) is 13.2. The summed E-state index contributed by atoms with van der Waals surface area (Å²) in [7, 11) is 0. The summed E-state index contributed by atoms with van der Waals surface area (Å²) in [5, 5.41) is 0. The van der Waals surface area contributed by atoms with E-state index in [1.54, 1.807) is 12.1 Å². The van der Waals surface area contributed by atoms with Crippen LogP contribution in [0.4, 0.5) is 0 Å². The standard InChI is InChI=1S/C38H40O7/c1-4-36(39)44-34-20-18-32(19-21-34)31-15-12-29(13-16-31)11-14-30-17-22-35(25-27(30)2)42-23-8-24-43-38(41)28(3)26-37(40)45-33-9-6-5-7-10-33/h4,11-22,25,33H,1,3,5-10,23-24,26H2,2H3/b14-11+. The van der Waals surface area contributed by atoms with E-state index in [1.165, 1.54) is 6.42 Å². The van der Waals surface area contributed by atoms with Crippen LogP contribution in [-0.4, -0.2) is 37.2 Å². The van der Waals surface area contributed by atoms with Crippen LogP contribution in [-0.2, 0) is 23.9 Å². The zero-order valence-electron chi connectivity index (χ0n) is 25.8. The maximum Gasteiger partial charge on any atom is 0.335 e. The van der Waals surface area contributed by atoms with Crippen molar-refractivity contribution in [2.24, 2.45) is 0 Å². The van der Waals surface area contributed by atoms with E-state index in [-0.39, 0.29) is 24.7 Å². The first-order valence-electron chi connectivity index (χ1n) is 15.3. The maximum atomic E-state index is 12.2. The predicted molar refractivity (Wildman–Crippen MR) is 176 cm³/mol. The third kappa shape index (κ3) is 10.6. The number of carbonyl (C=O) groups is 3. The summed E-state index contributed by atoms with van der Waals surface area (Å²) in [6.07, 6.45) is 10.6. The van der Waals surface area contributed by atoms with Crippen LogP contribution in [0.3, 0.4) is 0 Å². The van der Waals surface area contributed by atoms with Gasteiger partial charge in [-0.2, -0.15) is 0 Å². The second-order valence-corrected chi connectivity index (χ2v) is 11.0. The molecular weight excluding hydrogens is 568 g/mol. The molecule has 7 nitrogen and oxygen atoms in total. The molecular formula is C38H40O7. The Balaban J connectivity index is 1.17. The van der Waals surface area contributed by atoms with Gasteiger partial charge in [0.2, 0.25) is 0 Å². The minimum Gasteiger partial charge on any atom is -0.493 e. The Morgan fingerprint density at radius 3 is 2.18 bits per heavy atom. The van der Waals surface area contributed by atoms with E-state index in [2.05, 4.69) is 37.4 Å². The highest BCUT2D eigenvalue weighted by atomic mass is 16.5. The molecule has 0 heterocycles. The molecule has 1 aliphatic carbocycles. The quantitative estimate of drug-likeness (QED) is 0.0601. The van der Waals surface area contributed by atoms with E-state index < -0.39 is 17.9 Å². The van der Waals surface area contributed by atoms with Gasteiger partial charge in [-0.3, -0.25) is 4.79 Å². The number of carbonyl (C=O) groups excluding carboxylic acids is 3. The van der Waals surface area contributed by atoms with Gasteiger partial charge in [0, 0.05) is 18.1 Å². The van der Waals surface area contributed by atoms with Gasteiger partial charge in [-0.15, -0.1) is 0 Å². The van der Waals surface area contributed by atoms with E-state index in [1.807, 2.05) is 49.4 Å². The van der Waals surface area contributed by atoms with Crippen LogP contribution in [0, 0.1) is 6.92 Å². The fraction of sp³-hybridized carbons (Fsp3) is 0.289. The smallest absolute Gasteiger partial charge is 0.335 e. The van der Waals surface area contributed by atoms with Gasteiger partial charge in [0.25, 0.3) is 0 Å². The lowest BCUT2D eigenvalue weighted by molar-refractivity contribution is -0.151. The first-order valence-corrected chi connectivity index (χ1v) is 15.3. The highest BCUT2D eigenvalue weighted by Gasteiger charge is 2.20. The van der Waals surface area contributed by atoms with Crippen molar-refractivity contribution in [1.82, 2.24) is 0 Å². The largest absolute Gasteiger partial charge is 0.493 e. The minimum atomic E-state index is -0.584. The van der Waals surface area contributed by atoms with E-state index in [0.29, 0.717) is 18.8 Å². The summed E-state index contributed by atoms with van der Waals surface area (Å²) in [6, 6.07) is 21.4. The molecule has 0 saturated heterocycles. The van der Waals surface area contributed by atoms with Crippen molar-refractivity contribution in [3.8, 4) is 22.6 Å². The van der Waals surface area contributed by atoms with Crippen LogP contribution in [0.5, 0.6) is 11.5 Å². The highest BCUT2D eigenvalue weighted by Crippen LogP contribution is 2.25. The average Bonchev–Trinajstić information content (AvgIpc) is 3.05. The average molecular weight is 609 g/mol. The Labute approximate surface area is 265 Å². The Morgan fingerprint density at radius 1 is 0.844 bits per heavy atom. The zero-order chi connectivity index (χ0) is 32.0. The van der Waals surface area contributed by atoms with Crippen molar-refractivity contribution in [3.05, 3.63) is 108 Å². The van der Waals surface area contributed by atoms with E-state index in [4.69, 9.17) is 18.9 Å². The SMILES string of the molecule is C=CC(=O)Oc1ccc(-c2ccc(/C=C/c3ccc(OCCCOC(=O)C(=C)CC(=O)OC4CCCCC4)cc3C)cc2)cc1. The molecule has 3 aromatic carbocycles. The van der Waals surface area contributed by atoms with Crippen molar-refractivity contribution in [1.29, 1.82) is 0 Å². The van der Waals surface area contributed by atoms with Crippen LogP contribution in [0.15, 0.2) is 91.5 Å². The molecule has 234 valence electrons. The topological polar surface area (TPSA) is 88.1 Å². The second-order valence-electron chi connectivity index (χ2n) is 11.0. The van der Waals surface area contributed by atoms with E-state index >= 15 is 0 Å². The molecule has 0 aliphatic heterocycles. The molecule has 0 bridgehead atoms. The minimum absolute atomic E-state index is 0.0470. The summed E-state index contributed by atoms with van der Waals surface area (Å²) >= 11 is 0. The van der Waals surface area contributed by atoms with Crippen LogP contribution < -0.4 is 9.47 Å². The molecule has 7 heteroatoms. The molecule has 0 radical (unpaired) electrons. The highest BCUT2D eigenvalue weighted by molar-refractivity contribution is 5.93. The van der Waals surface area contributed by atoms with Crippen LogP contribution in [0.2, 0.25) is 0 Å². The lowest BCUT2D eigenvalue weighted by Gasteiger charge is -2.21. The molecule has 0 amide bonds. The second kappa shape index (κ2) is 16.8. The molecule has 0 N–H and O–H groups in total. The lowest BCUT2D eigenvalue weighted by Crippen LogP contribution is -2.22. The summed E-state index contributed by atoms with van der Waals surface area (Å²) in [4.78, 5) is 35.6. The van der Waals surface area contributed by atoms with Gasteiger partial charge in [0.15, 0.2) is 0 Å². The van der Waals surface area contributed by atoms with Crippen molar-refractivity contribution in [2.75, 3.05) is 13.2 Å². The van der Waals surface area contributed by atoms with Gasteiger partial charge in [-0.05, 0) is 84.7 Å². The summed E-state index contributed by atoms with van der Waals surface area (Å²) in [5.41, 5.74) is 5.39. The number of benzene rings is 3. The van der Waals surface area contributed by atoms with Gasteiger partial charge in [0.05, 0.1) is 19.6 Å². The van der Waals surface area contributed by atoms with Gasteiger partial charge in [-0.25, -0.2) is 9.59 Å². The number of hydrogen-bond acceptors (Lipinski definition) is 7. The Kier molecular flexibility index (Phi) is 12.3. The molecule has 0 spiro atoms. The number of aryl methyl sites for hydroxylation is 1. The van der Waals surface area contributed by atoms with Gasteiger partial charge in [0.1, 0.15) is 17.6 Å². The molecule has 4 rings (SSSR count). The zero-order valence-corrected chi connectivity index (χ0v) is 25.8. The number of ether oxygens (including phenoxy) is 4. The van der Waals surface area contributed by atoms with E-state index in [0.717, 1.165) is 65.3 Å². The number of hydrogen-bond donors (Lipinski definition) is 0. The fourth-order valence-electron chi connectivity index (χ4n) is 4.94. The third-order valence-electron chi connectivity index (χ3n) is 7.47. The van der Waals surface area contributed by atoms with Crippen LogP contribution in [0.1, 0.15) is 61.6 Å². The summed E-state index contributed by atoms with van der Waals surface area (Å²) in [5.74, 6) is -0.280.